The number of benzene rings is 1. The highest BCUT2D eigenvalue weighted by atomic mass is 16.2. The monoisotopic (exact) mass is 422 g/mol. The van der Waals surface area contributed by atoms with Crippen molar-refractivity contribution in [1.82, 2.24) is 25.0 Å². The number of carbonyl (C=O) groups is 3. The molecule has 9 heteroatoms. The lowest BCUT2D eigenvalue weighted by atomic mass is 10.0. The van der Waals surface area contributed by atoms with Gasteiger partial charge < -0.3 is 9.80 Å². The van der Waals surface area contributed by atoms with Crippen molar-refractivity contribution in [2.45, 2.75) is 51.1 Å². The number of piperidine rings is 1. The number of rotatable bonds is 3. The lowest BCUT2D eigenvalue weighted by molar-refractivity contribution is -0.136. The highest BCUT2D eigenvalue weighted by molar-refractivity contribution is 6.05. The van der Waals surface area contributed by atoms with E-state index < -0.39 is 11.9 Å². The first-order chi connectivity index (χ1) is 15.0. The average molecular weight is 422 g/mol. The van der Waals surface area contributed by atoms with Crippen LogP contribution in [-0.4, -0.2) is 56.5 Å². The minimum atomic E-state index is -0.608. The van der Waals surface area contributed by atoms with Crippen LogP contribution in [0.1, 0.15) is 54.4 Å². The molecule has 5 rings (SSSR count). The Labute approximate surface area is 180 Å². The van der Waals surface area contributed by atoms with Gasteiger partial charge in [-0.3, -0.25) is 19.7 Å². The highest BCUT2D eigenvalue weighted by Crippen LogP contribution is 2.31. The molecule has 1 aromatic carbocycles. The SMILES string of the molecule is Cn1nc(-c2ccc3c(c2)CN(C2CCC(=O)NC2=O)C3=O)nc1N1CCCCCC1. The molecule has 0 saturated carbocycles. The summed E-state index contributed by atoms with van der Waals surface area (Å²) in [5, 5.41) is 6.96. The number of imide groups is 1. The van der Waals surface area contributed by atoms with Gasteiger partial charge in [-0.15, -0.1) is 5.10 Å². The highest BCUT2D eigenvalue weighted by Gasteiger charge is 2.39. The van der Waals surface area contributed by atoms with Crippen LogP contribution in [0.2, 0.25) is 0 Å². The van der Waals surface area contributed by atoms with Crippen LogP contribution >= 0.6 is 0 Å². The summed E-state index contributed by atoms with van der Waals surface area (Å²) in [5.74, 6) is 0.658. The molecule has 3 aliphatic rings. The van der Waals surface area contributed by atoms with Crippen molar-refractivity contribution in [3.63, 3.8) is 0 Å². The molecule has 0 aliphatic carbocycles. The van der Waals surface area contributed by atoms with E-state index in [-0.39, 0.29) is 18.2 Å². The van der Waals surface area contributed by atoms with Crippen LogP contribution in [-0.2, 0) is 23.2 Å². The average Bonchev–Trinajstić information content (AvgIpc) is 3.15. The fourth-order valence-electron chi connectivity index (χ4n) is 4.76. The predicted octanol–water partition coefficient (Wildman–Crippen LogP) is 1.62. The van der Waals surface area contributed by atoms with Gasteiger partial charge in [0.15, 0.2) is 5.82 Å². The second-order valence-electron chi connectivity index (χ2n) is 8.53. The molecule has 3 amide bonds. The normalized spacial score (nSPS) is 21.8. The van der Waals surface area contributed by atoms with E-state index in [1.165, 1.54) is 25.7 Å². The van der Waals surface area contributed by atoms with Crippen LogP contribution in [0, 0.1) is 0 Å². The van der Waals surface area contributed by atoms with E-state index in [2.05, 4.69) is 15.3 Å². The van der Waals surface area contributed by atoms with E-state index in [0.29, 0.717) is 24.4 Å². The Hall–Kier alpha value is -3.23. The molecule has 1 N–H and O–H groups in total. The second kappa shape index (κ2) is 7.79. The van der Waals surface area contributed by atoms with Crippen molar-refractivity contribution in [3.05, 3.63) is 29.3 Å². The minimum absolute atomic E-state index is 0.171. The Morgan fingerprint density at radius 1 is 1.06 bits per heavy atom. The van der Waals surface area contributed by atoms with E-state index in [1.54, 1.807) is 11.0 Å². The molecule has 9 nitrogen and oxygen atoms in total. The van der Waals surface area contributed by atoms with E-state index in [9.17, 15) is 14.4 Å². The van der Waals surface area contributed by atoms with Gasteiger partial charge in [-0.05, 0) is 37.0 Å². The molecule has 0 radical (unpaired) electrons. The van der Waals surface area contributed by atoms with E-state index in [1.807, 2.05) is 23.9 Å². The summed E-state index contributed by atoms with van der Waals surface area (Å²) in [5.41, 5.74) is 2.31. The number of hydrogen-bond acceptors (Lipinski definition) is 6. The van der Waals surface area contributed by atoms with E-state index in [4.69, 9.17) is 4.98 Å². The van der Waals surface area contributed by atoms with Crippen LogP contribution in [0.4, 0.5) is 5.95 Å². The Bertz CT molecular complexity index is 1050. The zero-order chi connectivity index (χ0) is 21.5. The van der Waals surface area contributed by atoms with Gasteiger partial charge in [-0.1, -0.05) is 18.9 Å². The third-order valence-corrected chi connectivity index (χ3v) is 6.41. The predicted molar refractivity (Wildman–Crippen MR) is 113 cm³/mol. The Kier molecular flexibility index (Phi) is 4.95. The summed E-state index contributed by atoms with van der Waals surface area (Å²) in [7, 11) is 1.92. The van der Waals surface area contributed by atoms with E-state index >= 15 is 0 Å². The molecular weight excluding hydrogens is 396 g/mol. The summed E-state index contributed by atoms with van der Waals surface area (Å²) in [6.07, 6.45) is 5.45. The summed E-state index contributed by atoms with van der Waals surface area (Å²) in [4.78, 5) is 45.2. The van der Waals surface area contributed by atoms with Crippen molar-refractivity contribution >= 4 is 23.7 Å². The smallest absolute Gasteiger partial charge is 0.255 e. The van der Waals surface area contributed by atoms with Gasteiger partial charge in [0, 0.05) is 44.2 Å². The van der Waals surface area contributed by atoms with Crippen molar-refractivity contribution in [2.24, 2.45) is 7.05 Å². The standard InChI is InChI=1S/C22H26N6O3/c1-26-22(27-10-4-2-3-5-11-27)24-19(25-26)14-6-7-16-15(12-14)13-28(21(16)31)17-8-9-18(29)23-20(17)30/h6-7,12,17H,2-5,8-11,13H2,1H3,(H,23,29,30). The van der Waals surface area contributed by atoms with Crippen molar-refractivity contribution < 1.29 is 14.4 Å². The maximum absolute atomic E-state index is 12.9. The summed E-state index contributed by atoms with van der Waals surface area (Å²) in [6.45, 7) is 2.33. The van der Waals surface area contributed by atoms with Crippen molar-refractivity contribution in [1.29, 1.82) is 0 Å². The molecule has 1 atom stereocenters. The molecular formula is C22H26N6O3. The zero-order valence-corrected chi connectivity index (χ0v) is 17.6. The molecule has 4 heterocycles. The molecule has 1 unspecified atom stereocenters. The van der Waals surface area contributed by atoms with Gasteiger partial charge in [0.05, 0.1) is 0 Å². The molecule has 2 saturated heterocycles. The largest absolute Gasteiger partial charge is 0.341 e. The Morgan fingerprint density at radius 3 is 2.58 bits per heavy atom. The summed E-state index contributed by atoms with van der Waals surface area (Å²) in [6, 6.07) is 5.00. The van der Waals surface area contributed by atoms with Gasteiger partial charge in [0.2, 0.25) is 17.8 Å². The fourth-order valence-corrected chi connectivity index (χ4v) is 4.76. The lowest BCUT2D eigenvalue weighted by Crippen LogP contribution is -2.52. The van der Waals surface area contributed by atoms with Crippen molar-refractivity contribution in [3.8, 4) is 11.4 Å². The first-order valence-corrected chi connectivity index (χ1v) is 11.0. The number of carbonyl (C=O) groups excluding carboxylic acids is 3. The number of amides is 3. The van der Waals surface area contributed by atoms with Gasteiger partial charge in [-0.25, -0.2) is 4.68 Å². The molecule has 2 fully saturated rings. The second-order valence-corrected chi connectivity index (χ2v) is 8.53. The number of hydrogen-bond donors (Lipinski definition) is 1. The van der Waals surface area contributed by atoms with Gasteiger partial charge >= 0.3 is 0 Å². The number of anilines is 1. The number of aryl methyl sites for hydroxylation is 1. The van der Waals surface area contributed by atoms with Crippen LogP contribution in [0.25, 0.3) is 11.4 Å². The van der Waals surface area contributed by atoms with Gasteiger partial charge in [-0.2, -0.15) is 4.98 Å². The number of nitrogens with one attached hydrogen (secondary N) is 1. The zero-order valence-electron chi connectivity index (χ0n) is 17.6. The molecule has 162 valence electrons. The van der Waals surface area contributed by atoms with Crippen LogP contribution in [0.3, 0.4) is 0 Å². The van der Waals surface area contributed by atoms with Gasteiger partial charge in [0.25, 0.3) is 5.91 Å². The van der Waals surface area contributed by atoms with Gasteiger partial charge in [0.1, 0.15) is 6.04 Å². The molecule has 0 bridgehead atoms. The first-order valence-electron chi connectivity index (χ1n) is 11.0. The molecule has 3 aliphatic heterocycles. The summed E-state index contributed by atoms with van der Waals surface area (Å²) < 4.78 is 1.83. The lowest BCUT2D eigenvalue weighted by Gasteiger charge is -2.29. The minimum Gasteiger partial charge on any atom is -0.341 e. The summed E-state index contributed by atoms with van der Waals surface area (Å²) >= 11 is 0. The molecule has 2 aromatic rings. The fraction of sp³-hybridized carbons (Fsp3) is 0.500. The molecule has 31 heavy (non-hydrogen) atoms. The van der Waals surface area contributed by atoms with Crippen LogP contribution in [0.15, 0.2) is 18.2 Å². The maximum Gasteiger partial charge on any atom is 0.255 e. The van der Waals surface area contributed by atoms with E-state index in [0.717, 1.165) is 30.2 Å². The maximum atomic E-state index is 12.9. The number of fused-ring (bicyclic) bond motifs is 1. The van der Waals surface area contributed by atoms with Crippen molar-refractivity contribution in [2.75, 3.05) is 18.0 Å². The molecule has 1 aromatic heterocycles. The molecule has 0 spiro atoms. The Morgan fingerprint density at radius 2 is 1.84 bits per heavy atom. The number of aromatic nitrogens is 3. The topological polar surface area (TPSA) is 100 Å². The first kappa shape index (κ1) is 19.7. The van der Waals surface area contributed by atoms with Crippen LogP contribution < -0.4 is 10.2 Å². The van der Waals surface area contributed by atoms with Crippen LogP contribution in [0.5, 0.6) is 0 Å². The quantitative estimate of drug-likeness (QED) is 0.755. The Balaban J connectivity index is 1.39. The third kappa shape index (κ3) is 3.58. The number of nitrogens with zero attached hydrogens (tertiary/aromatic N) is 5. The third-order valence-electron chi connectivity index (χ3n) is 6.41.